The van der Waals surface area contributed by atoms with Crippen molar-refractivity contribution in [3.63, 3.8) is 0 Å². The Bertz CT molecular complexity index is 360. The van der Waals surface area contributed by atoms with Gasteiger partial charge in [0, 0.05) is 0 Å². The molecule has 0 saturated heterocycles. The molecule has 0 N–H and O–H groups in total. The van der Waals surface area contributed by atoms with E-state index in [-0.39, 0.29) is 17.7 Å². The quantitative estimate of drug-likeness (QED) is 0.417. The van der Waals surface area contributed by atoms with Crippen LogP contribution in [0.5, 0.6) is 5.75 Å². The minimum atomic E-state index is -0.528. The summed E-state index contributed by atoms with van der Waals surface area (Å²) in [5.41, 5.74) is 0.0969. The second-order valence-corrected chi connectivity index (χ2v) is 2.64. The molecule has 1 aromatic rings. The summed E-state index contributed by atoms with van der Waals surface area (Å²) in [4.78, 5) is 21.4. The van der Waals surface area contributed by atoms with E-state index in [9.17, 15) is 14.0 Å². The number of halogens is 1. The van der Waals surface area contributed by atoms with Gasteiger partial charge in [0.15, 0.2) is 5.78 Å². The normalized spacial score (nSPS) is 9.57. The molecule has 1 rings (SSSR count). The zero-order valence-corrected chi connectivity index (χ0v) is 7.62. The van der Waals surface area contributed by atoms with Crippen LogP contribution in [0, 0.1) is 5.82 Å². The Kier molecular flexibility index (Phi) is 3.34. The third kappa shape index (κ3) is 2.16. The number of rotatable bonds is 4. The van der Waals surface area contributed by atoms with E-state index in [0.29, 0.717) is 6.29 Å². The van der Waals surface area contributed by atoms with Gasteiger partial charge in [-0.2, -0.15) is 0 Å². The van der Waals surface area contributed by atoms with E-state index < -0.39 is 11.6 Å². The largest absolute Gasteiger partial charge is 0.496 e. The molecule has 4 heteroatoms. The fourth-order valence-corrected chi connectivity index (χ4v) is 1.08. The maximum Gasteiger partial charge on any atom is 0.173 e. The monoisotopic (exact) mass is 196 g/mol. The van der Waals surface area contributed by atoms with Crippen LogP contribution in [0.2, 0.25) is 0 Å². The van der Waals surface area contributed by atoms with Crippen LogP contribution in [0.3, 0.4) is 0 Å². The van der Waals surface area contributed by atoms with Gasteiger partial charge in [-0.05, 0) is 18.2 Å². The van der Waals surface area contributed by atoms with Crippen LogP contribution in [0.4, 0.5) is 4.39 Å². The molecule has 0 unspecified atom stereocenters. The fourth-order valence-electron chi connectivity index (χ4n) is 1.08. The Labute approximate surface area is 80.5 Å². The molecule has 14 heavy (non-hydrogen) atoms. The molecule has 0 aromatic heterocycles. The molecule has 0 amide bonds. The molecule has 0 atom stereocenters. The Hall–Kier alpha value is -1.71. The summed E-state index contributed by atoms with van der Waals surface area (Å²) in [7, 11) is 1.38. The minimum Gasteiger partial charge on any atom is -0.496 e. The summed E-state index contributed by atoms with van der Waals surface area (Å²) < 4.78 is 17.7. The van der Waals surface area contributed by atoms with Gasteiger partial charge in [-0.3, -0.25) is 4.79 Å². The van der Waals surface area contributed by atoms with E-state index in [1.807, 2.05) is 0 Å². The van der Waals surface area contributed by atoms with E-state index in [1.54, 1.807) is 0 Å². The van der Waals surface area contributed by atoms with E-state index in [4.69, 9.17) is 4.74 Å². The maximum atomic E-state index is 12.8. The highest BCUT2D eigenvalue weighted by Gasteiger charge is 2.12. The molecule has 0 aliphatic carbocycles. The Morgan fingerprint density at radius 1 is 1.57 bits per heavy atom. The van der Waals surface area contributed by atoms with Crippen LogP contribution in [-0.2, 0) is 4.79 Å². The van der Waals surface area contributed by atoms with Crippen molar-refractivity contribution in [2.75, 3.05) is 7.11 Å². The van der Waals surface area contributed by atoms with Gasteiger partial charge in [0.05, 0.1) is 19.1 Å². The van der Waals surface area contributed by atoms with Crippen LogP contribution >= 0.6 is 0 Å². The maximum absolute atomic E-state index is 12.8. The molecule has 0 radical (unpaired) electrons. The third-order valence-corrected chi connectivity index (χ3v) is 1.73. The van der Waals surface area contributed by atoms with Crippen molar-refractivity contribution in [3.05, 3.63) is 29.6 Å². The number of methoxy groups -OCH3 is 1. The van der Waals surface area contributed by atoms with Crippen molar-refractivity contribution in [1.29, 1.82) is 0 Å². The summed E-state index contributed by atoms with van der Waals surface area (Å²) in [5, 5.41) is 0. The van der Waals surface area contributed by atoms with Gasteiger partial charge in [-0.15, -0.1) is 0 Å². The summed E-state index contributed by atoms with van der Waals surface area (Å²) in [5.74, 6) is -0.699. The van der Waals surface area contributed by atoms with Crippen molar-refractivity contribution in [3.8, 4) is 5.75 Å². The first-order valence-corrected chi connectivity index (χ1v) is 3.99. The second-order valence-electron chi connectivity index (χ2n) is 2.64. The molecule has 0 heterocycles. The van der Waals surface area contributed by atoms with Crippen LogP contribution in [-0.4, -0.2) is 19.2 Å². The Morgan fingerprint density at radius 2 is 2.29 bits per heavy atom. The van der Waals surface area contributed by atoms with Crippen molar-refractivity contribution >= 4 is 12.1 Å². The smallest absolute Gasteiger partial charge is 0.173 e. The number of ketones is 1. The lowest BCUT2D eigenvalue weighted by Gasteiger charge is -2.05. The van der Waals surface area contributed by atoms with Crippen molar-refractivity contribution < 1.29 is 18.7 Å². The number of Topliss-reactive ketones (excluding diaryl/α,β-unsaturated/α-hetero) is 1. The van der Waals surface area contributed by atoms with Gasteiger partial charge in [0.1, 0.15) is 17.9 Å². The molecule has 0 bridgehead atoms. The van der Waals surface area contributed by atoms with Crippen molar-refractivity contribution in [1.82, 2.24) is 0 Å². The van der Waals surface area contributed by atoms with E-state index >= 15 is 0 Å². The van der Waals surface area contributed by atoms with Crippen molar-refractivity contribution in [2.24, 2.45) is 0 Å². The van der Waals surface area contributed by atoms with Crippen LogP contribution < -0.4 is 4.74 Å². The predicted molar refractivity (Wildman–Crippen MR) is 48.0 cm³/mol. The van der Waals surface area contributed by atoms with Crippen LogP contribution in [0.25, 0.3) is 0 Å². The molecule has 74 valence electrons. The van der Waals surface area contributed by atoms with E-state index in [0.717, 1.165) is 6.07 Å². The first-order chi connectivity index (χ1) is 6.69. The summed E-state index contributed by atoms with van der Waals surface area (Å²) in [6, 6.07) is 3.61. The van der Waals surface area contributed by atoms with Gasteiger partial charge >= 0.3 is 0 Å². The standard InChI is InChI=1S/C10H9FO3/c1-14-10-3-2-7(11)6-8(10)9(13)4-5-12/h2-3,5-6H,4H2,1H3. The number of aldehydes is 1. The van der Waals surface area contributed by atoms with Gasteiger partial charge in [-0.1, -0.05) is 0 Å². The van der Waals surface area contributed by atoms with Crippen LogP contribution in [0.1, 0.15) is 16.8 Å². The zero-order valence-electron chi connectivity index (χ0n) is 7.62. The average molecular weight is 196 g/mol. The molecule has 0 aliphatic heterocycles. The van der Waals surface area contributed by atoms with E-state index in [1.165, 1.54) is 19.2 Å². The Morgan fingerprint density at radius 3 is 2.86 bits per heavy atom. The number of benzene rings is 1. The molecular formula is C10H9FO3. The molecule has 0 saturated carbocycles. The van der Waals surface area contributed by atoms with Gasteiger partial charge < -0.3 is 9.53 Å². The predicted octanol–water partition coefficient (Wildman–Crippen LogP) is 1.61. The zero-order chi connectivity index (χ0) is 10.6. The number of carbonyl (C=O) groups is 2. The molecule has 0 aliphatic rings. The number of ether oxygens (including phenoxy) is 1. The minimum absolute atomic E-state index is 0.0969. The molecule has 1 aromatic carbocycles. The number of hydrogen-bond donors (Lipinski definition) is 0. The SMILES string of the molecule is COc1ccc(F)cc1C(=O)CC=O. The highest BCUT2D eigenvalue weighted by molar-refractivity contribution is 6.04. The first kappa shape index (κ1) is 10.4. The number of carbonyl (C=O) groups excluding carboxylic acids is 2. The lowest BCUT2D eigenvalue weighted by molar-refractivity contribution is -0.107. The first-order valence-electron chi connectivity index (χ1n) is 3.99. The molecule has 0 spiro atoms. The lowest BCUT2D eigenvalue weighted by atomic mass is 10.1. The van der Waals surface area contributed by atoms with E-state index in [2.05, 4.69) is 0 Å². The second kappa shape index (κ2) is 4.50. The number of hydrogen-bond acceptors (Lipinski definition) is 3. The van der Waals surface area contributed by atoms with Gasteiger partial charge in [-0.25, -0.2) is 4.39 Å². The molecule has 3 nitrogen and oxygen atoms in total. The van der Waals surface area contributed by atoms with Gasteiger partial charge in [0.2, 0.25) is 0 Å². The van der Waals surface area contributed by atoms with Crippen LogP contribution in [0.15, 0.2) is 18.2 Å². The summed E-state index contributed by atoms with van der Waals surface area (Å²) >= 11 is 0. The average Bonchev–Trinajstić information content (AvgIpc) is 2.18. The topological polar surface area (TPSA) is 43.4 Å². The highest BCUT2D eigenvalue weighted by Crippen LogP contribution is 2.20. The third-order valence-electron chi connectivity index (χ3n) is 1.73. The lowest BCUT2D eigenvalue weighted by Crippen LogP contribution is -2.03. The fraction of sp³-hybridized carbons (Fsp3) is 0.200. The van der Waals surface area contributed by atoms with Crippen molar-refractivity contribution in [2.45, 2.75) is 6.42 Å². The molecular weight excluding hydrogens is 187 g/mol. The summed E-state index contributed by atoms with van der Waals surface area (Å²) in [6.45, 7) is 0. The summed E-state index contributed by atoms with van der Waals surface area (Å²) in [6.07, 6.45) is 0.215. The molecule has 0 fully saturated rings. The van der Waals surface area contributed by atoms with Gasteiger partial charge in [0.25, 0.3) is 0 Å². The highest BCUT2D eigenvalue weighted by atomic mass is 19.1. The Balaban J connectivity index is 3.09.